The van der Waals surface area contributed by atoms with Crippen molar-refractivity contribution in [2.75, 3.05) is 19.5 Å². The minimum Gasteiger partial charge on any atom is -0.493 e. The molecular formula is C19H17ClFN3O3. The molecule has 6 nitrogen and oxygen atoms in total. The second-order valence-electron chi connectivity index (χ2n) is 5.62. The molecule has 140 valence electrons. The number of hydrogen-bond donors (Lipinski definition) is 1. The first-order valence-corrected chi connectivity index (χ1v) is 8.39. The first-order valence-electron chi connectivity index (χ1n) is 8.01. The van der Waals surface area contributed by atoms with Crippen LogP contribution in [-0.4, -0.2) is 29.9 Å². The molecule has 0 aliphatic heterocycles. The number of nitrogens with zero attached hydrogens (tertiary/aromatic N) is 2. The third kappa shape index (κ3) is 4.20. The van der Waals surface area contributed by atoms with Crippen molar-refractivity contribution in [3.8, 4) is 11.5 Å². The number of benzene rings is 2. The molecule has 0 saturated heterocycles. The van der Waals surface area contributed by atoms with Crippen LogP contribution >= 0.6 is 11.6 Å². The van der Waals surface area contributed by atoms with Crippen molar-refractivity contribution in [3.63, 3.8) is 0 Å². The van der Waals surface area contributed by atoms with Crippen molar-refractivity contribution >= 4 is 23.3 Å². The fourth-order valence-electron chi connectivity index (χ4n) is 2.53. The minimum absolute atomic E-state index is 0.151. The van der Waals surface area contributed by atoms with Gasteiger partial charge in [-0.1, -0.05) is 17.7 Å². The second-order valence-corrected chi connectivity index (χ2v) is 6.03. The van der Waals surface area contributed by atoms with Gasteiger partial charge in [0.1, 0.15) is 5.82 Å². The van der Waals surface area contributed by atoms with E-state index in [2.05, 4.69) is 10.4 Å². The molecule has 0 aliphatic carbocycles. The van der Waals surface area contributed by atoms with Crippen LogP contribution in [-0.2, 0) is 6.54 Å². The zero-order chi connectivity index (χ0) is 19.4. The molecule has 1 N–H and O–H groups in total. The predicted octanol–water partition coefficient (Wildman–Crippen LogP) is 3.99. The second kappa shape index (κ2) is 8.09. The summed E-state index contributed by atoms with van der Waals surface area (Å²) in [5.41, 5.74) is 0.722. The topological polar surface area (TPSA) is 65.4 Å². The Labute approximate surface area is 160 Å². The lowest BCUT2D eigenvalue weighted by Gasteiger charge is -2.09. The van der Waals surface area contributed by atoms with Crippen LogP contribution in [0.5, 0.6) is 11.5 Å². The third-order valence-electron chi connectivity index (χ3n) is 3.91. The number of carbonyl (C=O) groups excluding carboxylic acids is 1. The minimum atomic E-state index is -0.408. The van der Waals surface area contributed by atoms with E-state index >= 15 is 0 Å². The molecule has 0 bridgehead atoms. The van der Waals surface area contributed by atoms with Gasteiger partial charge in [-0.2, -0.15) is 5.10 Å². The molecule has 2 aromatic carbocycles. The molecule has 1 aromatic heterocycles. The summed E-state index contributed by atoms with van der Waals surface area (Å²) < 4.78 is 25.7. The number of aromatic nitrogens is 2. The lowest BCUT2D eigenvalue weighted by Crippen LogP contribution is -2.13. The Kier molecular flexibility index (Phi) is 5.61. The molecule has 0 fully saturated rings. The van der Waals surface area contributed by atoms with Crippen molar-refractivity contribution < 1.29 is 18.7 Å². The molecule has 0 saturated carbocycles. The summed E-state index contributed by atoms with van der Waals surface area (Å²) in [4.78, 5) is 12.4. The van der Waals surface area contributed by atoms with E-state index in [9.17, 15) is 9.18 Å². The zero-order valence-corrected chi connectivity index (χ0v) is 15.5. The highest BCUT2D eigenvalue weighted by atomic mass is 35.5. The average molecular weight is 390 g/mol. The normalized spacial score (nSPS) is 10.5. The van der Waals surface area contributed by atoms with Gasteiger partial charge in [0.25, 0.3) is 5.91 Å². The van der Waals surface area contributed by atoms with E-state index in [-0.39, 0.29) is 12.5 Å². The van der Waals surface area contributed by atoms with Crippen LogP contribution < -0.4 is 14.8 Å². The maximum Gasteiger partial charge on any atom is 0.257 e. The Balaban J connectivity index is 1.73. The van der Waals surface area contributed by atoms with Crippen LogP contribution in [0, 0.1) is 5.82 Å². The SMILES string of the molecule is COc1ccc(C(=O)Nc2ccn(Cc3c(F)cccc3Cl)n2)cc1OC. The van der Waals surface area contributed by atoms with Gasteiger partial charge in [0, 0.05) is 28.4 Å². The van der Waals surface area contributed by atoms with Gasteiger partial charge in [0.2, 0.25) is 0 Å². The highest BCUT2D eigenvalue weighted by molar-refractivity contribution is 6.31. The summed E-state index contributed by atoms with van der Waals surface area (Å²) in [5.74, 6) is 0.547. The summed E-state index contributed by atoms with van der Waals surface area (Å²) in [6, 6.07) is 10.9. The number of ether oxygens (including phenoxy) is 2. The summed E-state index contributed by atoms with van der Waals surface area (Å²) in [5, 5.41) is 7.24. The van der Waals surface area contributed by atoms with E-state index in [0.717, 1.165) is 0 Å². The first kappa shape index (κ1) is 18.7. The number of hydrogen-bond acceptors (Lipinski definition) is 4. The smallest absolute Gasteiger partial charge is 0.257 e. The molecule has 1 amide bonds. The molecule has 27 heavy (non-hydrogen) atoms. The van der Waals surface area contributed by atoms with E-state index in [4.69, 9.17) is 21.1 Å². The maximum absolute atomic E-state index is 13.9. The van der Waals surface area contributed by atoms with Gasteiger partial charge in [0.15, 0.2) is 17.3 Å². The van der Waals surface area contributed by atoms with Crippen LogP contribution in [0.15, 0.2) is 48.7 Å². The quantitative estimate of drug-likeness (QED) is 0.692. The van der Waals surface area contributed by atoms with E-state index in [1.54, 1.807) is 42.6 Å². The molecule has 0 radical (unpaired) electrons. The Hall–Kier alpha value is -3.06. The van der Waals surface area contributed by atoms with Crippen LogP contribution in [0.25, 0.3) is 0 Å². The van der Waals surface area contributed by atoms with Gasteiger partial charge in [-0.05, 0) is 30.3 Å². The summed E-state index contributed by atoms with van der Waals surface area (Å²) >= 11 is 6.03. The number of amides is 1. The molecule has 3 aromatic rings. The highest BCUT2D eigenvalue weighted by Gasteiger charge is 2.13. The largest absolute Gasteiger partial charge is 0.493 e. The zero-order valence-electron chi connectivity index (χ0n) is 14.7. The number of carbonyl (C=O) groups is 1. The van der Waals surface area contributed by atoms with Gasteiger partial charge in [-0.3, -0.25) is 9.48 Å². The van der Waals surface area contributed by atoms with Crippen LogP contribution in [0.3, 0.4) is 0 Å². The molecule has 3 rings (SSSR count). The van der Waals surface area contributed by atoms with Gasteiger partial charge < -0.3 is 14.8 Å². The lowest BCUT2D eigenvalue weighted by molar-refractivity contribution is 0.102. The van der Waals surface area contributed by atoms with E-state index in [1.165, 1.54) is 25.0 Å². The van der Waals surface area contributed by atoms with E-state index < -0.39 is 5.82 Å². The third-order valence-corrected chi connectivity index (χ3v) is 4.26. The Morgan fingerprint density at radius 1 is 1.19 bits per heavy atom. The number of nitrogens with one attached hydrogen (secondary N) is 1. The first-order chi connectivity index (χ1) is 13.0. The molecule has 0 aliphatic rings. The number of halogens is 2. The Morgan fingerprint density at radius 3 is 2.67 bits per heavy atom. The van der Waals surface area contributed by atoms with Crippen molar-refractivity contribution in [2.45, 2.75) is 6.54 Å². The molecular weight excluding hydrogens is 373 g/mol. The molecule has 8 heteroatoms. The van der Waals surface area contributed by atoms with Gasteiger partial charge >= 0.3 is 0 Å². The molecule has 0 spiro atoms. The van der Waals surface area contributed by atoms with Crippen molar-refractivity contribution in [2.24, 2.45) is 0 Å². The standard InChI is InChI=1S/C19H17ClFN3O3/c1-26-16-7-6-12(10-17(16)27-2)19(25)22-18-8-9-24(23-18)11-13-14(20)4-3-5-15(13)21/h3-10H,11H2,1-2H3,(H,22,23,25). The van der Waals surface area contributed by atoms with E-state index in [0.29, 0.717) is 33.5 Å². The highest BCUT2D eigenvalue weighted by Crippen LogP contribution is 2.28. The molecule has 1 heterocycles. The van der Waals surface area contributed by atoms with Gasteiger partial charge in [-0.25, -0.2) is 4.39 Å². The van der Waals surface area contributed by atoms with Crippen molar-refractivity contribution in [1.82, 2.24) is 9.78 Å². The predicted molar refractivity (Wildman–Crippen MR) is 100 cm³/mol. The summed E-state index contributed by atoms with van der Waals surface area (Å²) in [6.45, 7) is 0.151. The monoisotopic (exact) mass is 389 g/mol. The fourth-order valence-corrected chi connectivity index (χ4v) is 2.75. The van der Waals surface area contributed by atoms with Crippen LogP contribution in [0.4, 0.5) is 10.2 Å². The maximum atomic E-state index is 13.9. The average Bonchev–Trinajstić information content (AvgIpc) is 3.11. The van der Waals surface area contributed by atoms with Crippen molar-refractivity contribution in [3.05, 3.63) is 70.6 Å². The van der Waals surface area contributed by atoms with E-state index in [1.807, 2.05) is 0 Å². The van der Waals surface area contributed by atoms with Gasteiger partial charge in [0.05, 0.1) is 20.8 Å². The summed E-state index contributed by atoms with van der Waals surface area (Å²) in [6.07, 6.45) is 1.63. The Bertz CT molecular complexity index is 954. The molecule has 0 atom stereocenters. The van der Waals surface area contributed by atoms with Crippen molar-refractivity contribution in [1.29, 1.82) is 0 Å². The van der Waals surface area contributed by atoms with Crippen LogP contribution in [0.1, 0.15) is 15.9 Å². The number of methoxy groups -OCH3 is 2. The number of anilines is 1. The van der Waals surface area contributed by atoms with Gasteiger partial charge in [-0.15, -0.1) is 0 Å². The number of rotatable bonds is 6. The van der Waals surface area contributed by atoms with Crippen LogP contribution in [0.2, 0.25) is 5.02 Å². The fraction of sp³-hybridized carbons (Fsp3) is 0.158. The Morgan fingerprint density at radius 2 is 1.96 bits per heavy atom. The lowest BCUT2D eigenvalue weighted by atomic mass is 10.2. The summed E-state index contributed by atoms with van der Waals surface area (Å²) in [7, 11) is 3.01. The molecule has 0 unspecified atom stereocenters.